The van der Waals surface area contributed by atoms with E-state index in [-0.39, 0.29) is 5.91 Å². The number of carbonyl (C=O) groups is 1. The number of aromatic nitrogens is 2. The molecule has 0 radical (unpaired) electrons. The van der Waals surface area contributed by atoms with Crippen LogP contribution in [0, 0.1) is 13.8 Å². The summed E-state index contributed by atoms with van der Waals surface area (Å²) in [6, 6.07) is -0.405. The number of rotatable bonds is 5. The molecule has 0 bridgehead atoms. The monoisotopic (exact) mass is 238 g/mol. The van der Waals surface area contributed by atoms with E-state index in [1.165, 1.54) is 0 Å². The average molecular weight is 238 g/mol. The molecule has 1 amide bonds. The van der Waals surface area contributed by atoms with Gasteiger partial charge in [0.05, 0.1) is 11.7 Å². The van der Waals surface area contributed by atoms with Crippen LogP contribution in [0.5, 0.6) is 0 Å². The van der Waals surface area contributed by atoms with Gasteiger partial charge in [0.2, 0.25) is 5.91 Å². The van der Waals surface area contributed by atoms with Crippen LogP contribution in [0.15, 0.2) is 0 Å². The fourth-order valence-electron chi connectivity index (χ4n) is 1.82. The highest BCUT2D eigenvalue weighted by atomic mass is 16.2. The second kappa shape index (κ2) is 5.82. The largest absolute Gasteiger partial charge is 0.351 e. The van der Waals surface area contributed by atoms with Crippen LogP contribution in [0.1, 0.15) is 36.7 Å². The lowest BCUT2D eigenvalue weighted by Crippen LogP contribution is -2.40. The van der Waals surface area contributed by atoms with Gasteiger partial charge in [-0.05, 0) is 20.3 Å². The van der Waals surface area contributed by atoms with Crippen LogP contribution in [-0.2, 0) is 18.4 Å². The summed E-state index contributed by atoms with van der Waals surface area (Å²) in [5.41, 5.74) is 8.84. The van der Waals surface area contributed by atoms with Gasteiger partial charge in [0.15, 0.2) is 0 Å². The summed E-state index contributed by atoms with van der Waals surface area (Å²) in [6.07, 6.45) is 1.64. The van der Waals surface area contributed by atoms with Gasteiger partial charge in [0, 0.05) is 24.8 Å². The van der Waals surface area contributed by atoms with Crippen LogP contribution in [0.3, 0.4) is 0 Å². The molecule has 96 valence electrons. The van der Waals surface area contributed by atoms with Gasteiger partial charge in [0.1, 0.15) is 0 Å². The van der Waals surface area contributed by atoms with E-state index >= 15 is 0 Å². The first-order valence-corrected chi connectivity index (χ1v) is 5.99. The van der Waals surface area contributed by atoms with Crippen molar-refractivity contribution in [3.8, 4) is 0 Å². The Labute approximate surface area is 102 Å². The standard InChI is InChI=1S/C12H22N4O/c1-5-6-11(13)12(17)14-7-10-8(2)15-16(4)9(10)3/h11H,5-7,13H2,1-4H3,(H,14,17)/t11-/m1/s1. The number of hydrogen-bond donors (Lipinski definition) is 2. The van der Waals surface area contributed by atoms with E-state index in [1.54, 1.807) is 0 Å². The molecule has 0 aliphatic carbocycles. The summed E-state index contributed by atoms with van der Waals surface area (Å²) in [5.74, 6) is -0.0884. The van der Waals surface area contributed by atoms with Crippen molar-refractivity contribution in [2.75, 3.05) is 0 Å². The van der Waals surface area contributed by atoms with Crippen molar-refractivity contribution < 1.29 is 4.79 Å². The third kappa shape index (κ3) is 3.30. The fraction of sp³-hybridized carbons (Fsp3) is 0.667. The molecule has 0 fully saturated rings. The van der Waals surface area contributed by atoms with E-state index in [9.17, 15) is 4.79 Å². The minimum Gasteiger partial charge on any atom is -0.351 e. The number of carbonyl (C=O) groups excluding carboxylic acids is 1. The van der Waals surface area contributed by atoms with Crippen LogP contribution in [0.4, 0.5) is 0 Å². The van der Waals surface area contributed by atoms with Crippen molar-refractivity contribution in [1.29, 1.82) is 0 Å². The van der Waals surface area contributed by atoms with Gasteiger partial charge in [0.25, 0.3) is 0 Å². The van der Waals surface area contributed by atoms with Gasteiger partial charge in [-0.1, -0.05) is 13.3 Å². The summed E-state index contributed by atoms with van der Waals surface area (Å²) in [4.78, 5) is 11.7. The van der Waals surface area contributed by atoms with Gasteiger partial charge in [-0.3, -0.25) is 9.48 Å². The van der Waals surface area contributed by atoms with E-state index in [0.717, 1.165) is 29.8 Å². The molecule has 0 unspecified atom stereocenters. The number of aryl methyl sites for hydroxylation is 2. The van der Waals surface area contributed by atoms with E-state index in [0.29, 0.717) is 6.54 Å². The van der Waals surface area contributed by atoms with Crippen LogP contribution in [-0.4, -0.2) is 21.7 Å². The molecule has 1 rings (SSSR count). The zero-order valence-electron chi connectivity index (χ0n) is 11.1. The molecule has 5 heteroatoms. The molecular weight excluding hydrogens is 216 g/mol. The number of nitrogens with one attached hydrogen (secondary N) is 1. The summed E-state index contributed by atoms with van der Waals surface area (Å²) < 4.78 is 1.82. The molecule has 0 saturated heterocycles. The molecule has 0 saturated carbocycles. The number of nitrogens with two attached hydrogens (primary N) is 1. The minimum absolute atomic E-state index is 0.0884. The molecule has 0 aliphatic rings. The Morgan fingerprint density at radius 3 is 2.65 bits per heavy atom. The molecule has 1 aromatic heterocycles. The highest BCUT2D eigenvalue weighted by molar-refractivity contribution is 5.81. The highest BCUT2D eigenvalue weighted by Gasteiger charge is 2.14. The Morgan fingerprint density at radius 1 is 1.53 bits per heavy atom. The molecule has 0 aliphatic heterocycles. The predicted octanol–water partition coefficient (Wildman–Crippen LogP) is 0.781. The first-order chi connectivity index (χ1) is 7.97. The van der Waals surface area contributed by atoms with Crippen molar-refractivity contribution in [3.63, 3.8) is 0 Å². The Balaban J connectivity index is 2.58. The quantitative estimate of drug-likeness (QED) is 0.796. The van der Waals surface area contributed by atoms with Gasteiger partial charge in [-0.2, -0.15) is 5.10 Å². The molecule has 3 N–H and O–H groups in total. The average Bonchev–Trinajstić information content (AvgIpc) is 2.51. The molecular formula is C12H22N4O. The first-order valence-electron chi connectivity index (χ1n) is 5.99. The second-order valence-corrected chi connectivity index (χ2v) is 4.39. The van der Waals surface area contributed by atoms with E-state index in [2.05, 4.69) is 10.4 Å². The minimum atomic E-state index is -0.405. The number of hydrogen-bond acceptors (Lipinski definition) is 3. The predicted molar refractivity (Wildman–Crippen MR) is 67.4 cm³/mol. The lowest BCUT2D eigenvalue weighted by Gasteiger charge is -2.11. The third-order valence-electron chi connectivity index (χ3n) is 3.03. The molecule has 0 aromatic carbocycles. The first kappa shape index (κ1) is 13.7. The third-order valence-corrected chi connectivity index (χ3v) is 3.03. The molecule has 0 spiro atoms. The topological polar surface area (TPSA) is 72.9 Å². The lowest BCUT2D eigenvalue weighted by molar-refractivity contribution is -0.122. The van der Waals surface area contributed by atoms with Crippen molar-refractivity contribution in [2.24, 2.45) is 12.8 Å². The van der Waals surface area contributed by atoms with Crippen LogP contribution in [0.2, 0.25) is 0 Å². The summed E-state index contributed by atoms with van der Waals surface area (Å²) in [7, 11) is 1.90. The Morgan fingerprint density at radius 2 is 2.18 bits per heavy atom. The Bertz CT molecular complexity index is 397. The fourth-order valence-corrected chi connectivity index (χ4v) is 1.82. The van der Waals surface area contributed by atoms with E-state index in [1.807, 2.05) is 32.5 Å². The molecule has 1 heterocycles. The Kier molecular flexibility index (Phi) is 4.69. The number of amides is 1. The van der Waals surface area contributed by atoms with Crippen LogP contribution >= 0.6 is 0 Å². The molecule has 1 aromatic rings. The summed E-state index contributed by atoms with van der Waals surface area (Å²) >= 11 is 0. The summed E-state index contributed by atoms with van der Waals surface area (Å²) in [5, 5.41) is 7.17. The maximum absolute atomic E-state index is 11.7. The zero-order valence-corrected chi connectivity index (χ0v) is 11.1. The van der Waals surface area contributed by atoms with Crippen molar-refractivity contribution in [3.05, 3.63) is 17.0 Å². The normalized spacial score (nSPS) is 12.5. The van der Waals surface area contributed by atoms with Crippen molar-refractivity contribution >= 4 is 5.91 Å². The van der Waals surface area contributed by atoms with Gasteiger partial charge in [-0.15, -0.1) is 0 Å². The number of nitrogens with zero attached hydrogens (tertiary/aromatic N) is 2. The Hall–Kier alpha value is -1.36. The molecule has 17 heavy (non-hydrogen) atoms. The highest BCUT2D eigenvalue weighted by Crippen LogP contribution is 2.11. The maximum atomic E-state index is 11.7. The lowest BCUT2D eigenvalue weighted by atomic mass is 10.1. The molecule has 1 atom stereocenters. The van der Waals surface area contributed by atoms with Crippen molar-refractivity contribution in [1.82, 2.24) is 15.1 Å². The van der Waals surface area contributed by atoms with Crippen LogP contribution in [0.25, 0.3) is 0 Å². The van der Waals surface area contributed by atoms with Gasteiger partial charge >= 0.3 is 0 Å². The molecule has 5 nitrogen and oxygen atoms in total. The van der Waals surface area contributed by atoms with Crippen molar-refractivity contribution in [2.45, 2.75) is 46.2 Å². The summed E-state index contributed by atoms with van der Waals surface area (Å²) in [6.45, 7) is 6.46. The van der Waals surface area contributed by atoms with Gasteiger partial charge in [-0.25, -0.2) is 0 Å². The van der Waals surface area contributed by atoms with Crippen LogP contribution < -0.4 is 11.1 Å². The second-order valence-electron chi connectivity index (χ2n) is 4.39. The van der Waals surface area contributed by atoms with E-state index < -0.39 is 6.04 Å². The maximum Gasteiger partial charge on any atom is 0.237 e. The van der Waals surface area contributed by atoms with E-state index in [4.69, 9.17) is 5.73 Å². The SMILES string of the molecule is CCC[C@@H](N)C(=O)NCc1c(C)nn(C)c1C. The zero-order chi connectivity index (χ0) is 13.0. The smallest absolute Gasteiger partial charge is 0.237 e. The van der Waals surface area contributed by atoms with Gasteiger partial charge < -0.3 is 11.1 Å².